The van der Waals surface area contributed by atoms with E-state index in [1.54, 1.807) is 6.92 Å². The molecule has 0 aliphatic rings. The van der Waals surface area contributed by atoms with Crippen LogP contribution in [0.5, 0.6) is 0 Å². The lowest BCUT2D eigenvalue weighted by Gasteiger charge is -2.14. The van der Waals surface area contributed by atoms with Crippen LogP contribution >= 0.6 is 0 Å². The molecule has 0 spiro atoms. The number of halogens is 1. The molecular formula is C13H14FN3O2S. The Morgan fingerprint density at radius 1 is 1.25 bits per heavy atom. The molecule has 1 heterocycles. The maximum atomic E-state index is 12.8. The molecule has 0 amide bonds. The van der Waals surface area contributed by atoms with E-state index in [0.29, 0.717) is 5.56 Å². The van der Waals surface area contributed by atoms with Crippen molar-refractivity contribution in [3.05, 3.63) is 54.0 Å². The molecule has 1 unspecified atom stereocenters. The number of nitrogens with one attached hydrogen (secondary N) is 1. The number of nitrogens with zero attached hydrogens (tertiary/aromatic N) is 1. The van der Waals surface area contributed by atoms with Crippen LogP contribution in [-0.2, 0) is 10.0 Å². The summed E-state index contributed by atoms with van der Waals surface area (Å²) < 4.78 is 39.7. The average molecular weight is 295 g/mol. The Morgan fingerprint density at radius 2 is 1.90 bits per heavy atom. The molecule has 20 heavy (non-hydrogen) atoms. The molecule has 1 aromatic carbocycles. The van der Waals surface area contributed by atoms with Gasteiger partial charge < -0.3 is 5.73 Å². The zero-order valence-electron chi connectivity index (χ0n) is 10.7. The monoisotopic (exact) mass is 295 g/mol. The van der Waals surface area contributed by atoms with Gasteiger partial charge in [0.1, 0.15) is 11.6 Å². The van der Waals surface area contributed by atoms with Crippen LogP contribution in [0.1, 0.15) is 18.5 Å². The van der Waals surface area contributed by atoms with Crippen molar-refractivity contribution < 1.29 is 12.8 Å². The fourth-order valence-corrected chi connectivity index (χ4v) is 2.97. The van der Waals surface area contributed by atoms with Gasteiger partial charge in [-0.15, -0.1) is 0 Å². The van der Waals surface area contributed by atoms with Crippen molar-refractivity contribution in [3.8, 4) is 0 Å². The molecular weight excluding hydrogens is 281 g/mol. The summed E-state index contributed by atoms with van der Waals surface area (Å²) in [6, 6.07) is 7.77. The Balaban J connectivity index is 2.22. The molecule has 2 aromatic rings. The van der Waals surface area contributed by atoms with E-state index < -0.39 is 16.1 Å². The summed E-state index contributed by atoms with van der Waals surface area (Å²) in [5.41, 5.74) is 6.13. The van der Waals surface area contributed by atoms with E-state index in [0.717, 1.165) is 0 Å². The second-order valence-corrected chi connectivity index (χ2v) is 6.02. The molecule has 2 rings (SSSR count). The minimum atomic E-state index is -3.70. The van der Waals surface area contributed by atoms with Crippen LogP contribution in [0, 0.1) is 5.82 Å². The van der Waals surface area contributed by atoms with E-state index in [1.807, 2.05) is 0 Å². The number of hydrogen-bond donors (Lipinski definition) is 2. The van der Waals surface area contributed by atoms with Gasteiger partial charge in [-0.3, -0.25) is 0 Å². The highest BCUT2D eigenvalue weighted by Gasteiger charge is 2.18. The fourth-order valence-electron chi connectivity index (χ4n) is 1.72. The van der Waals surface area contributed by atoms with Gasteiger partial charge in [0, 0.05) is 18.3 Å². The summed E-state index contributed by atoms with van der Waals surface area (Å²) in [4.78, 5) is 3.78. The van der Waals surface area contributed by atoms with Gasteiger partial charge in [-0.05, 0) is 30.7 Å². The van der Waals surface area contributed by atoms with Crippen LogP contribution < -0.4 is 10.5 Å². The third-order valence-corrected chi connectivity index (χ3v) is 4.30. The van der Waals surface area contributed by atoms with Crippen LogP contribution in [0.15, 0.2) is 47.5 Å². The molecule has 1 atom stereocenters. The predicted molar refractivity (Wildman–Crippen MR) is 73.8 cm³/mol. The van der Waals surface area contributed by atoms with E-state index in [4.69, 9.17) is 5.73 Å². The molecule has 0 radical (unpaired) electrons. The molecule has 0 aliphatic heterocycles. The minimum absolute atomic E-state index is 0.0407. The molecule has 0 saturated heterocycles. The summed E-state index contributed by atoms with van der Waals surface area (Å²) in [5.74, 6) is -0.243. The molecule has 0 aliphatic carbocycles. The van der Waals surface area contributed by atoms with Gasteiger partial charge in [0.15, 0.2) is 0 Å². The van der Waals surface area contributed by atoms with E-state index in [2.05, 4.69) is 9.71 Å². The quantitative estimate of drug-likeness (QED) is 0.901. The number of pyridine rings is 1. The van der Waals surface area contributed by atoms with Gasteiger partial charge in [-0.25, -0.2) is 22.5 Å². The second kappa shape index (κ2) is 5.56. The lowest BCUT2D eigenvalue weighted by molar-refractivity contribution is 0.566. The smallest absolute Gasteiger partial charge is 0.241 e. The highest BCUT2D eigenvalue weighted by Crippen LogP contribution is 2.17. The van der Waals surface area contributed by atoms with Crippen LogP contribution in [0.3, 0.4) is 0 Å². The van der Waals surface area contributed by atoms with Crippen molar-refractivity contribution in [1.29, 1.82) is 0 Å². The topological polar surface area (TPSA) is 85.1 Å². The Hall–Kier alpha value is -1.99. The normalized spacial score (nSPS) is 13.1. The van der Waals surface area contributed by atoms with Crippen LogP contribution in [0.4, 0.5) is 10.2 Å². The van der Waals surface area contributed by atoms with E-state index in [9.17, 15) is 12.8 Å². The average Bonchev–Trinajstić information content (AvgIpc) is 2.39. The van der Waals surface area contributed by atoms with Gasteiger partial charge >= 0.3 is 0 Å². The Kier molecular flexibility index (Phi) is 4.01. The number of sulfonamides is 1. The van der Waals surface area contributed by atoms with Crippen molar-refractivity contribution in [2.75, 3.05) is 5.73 Å². The number of aromatic nitrogens is 1. The standard InChI is InChI=1S/C13H14FN3O2S/c1-9(10-2-4-11(14)5-3-10)17-20(18,19)12-6-7-16-13(15)8-12/h2-9,17H,1H3,(H2,15,16). The minimum Gasteiger partial charge on any atom is -0.384 e. The first-order chi connectivity index (χ1) is 9.38. The zero-order chi connectivity index (χ0) is 14.8. The van der Waals surface area contributed by atoms with Crippen molar-refractivity contribution >= 4 is 15.8 Å². The predicted octanol–water partition coefficient (Wildman–Crippen LogP) is 1.84. The first-order valence-electron chi connectivity index (χ1n) is 5.88. The number of hydrogen-bond acceptors (Lipinski definition) is 4. The van der Waals surface area contributed by atoms with Crippen LogP contribution in [-0.4, -0.2) is 13.4 Å². The Morgan fingerprint density at radius 3 is 2.50 bits per heavy atom. The second-order valence-electron chi connectivity index (χ2n) is 4.31. The SMILES string of the molecule is CC(NS(=O)(=O)c1ccnc(N)c1)c1ccc(F)cc1. The number of rotatable bonds is 4. The number of nitrogen functional groups attached to an aromatic ring is 1. The summed E-state index contributed by atoms with van der Waals surface area (Å²) in [6.07, 6.45) is 1.33. The summed E-state index contributed by atoms with van der Waals surface area (Å²) in [5, 5.41) is 0. The maximum absolute atomic E-state index is 12.8. The Bertz CT molecular complexity index is 702. The molecule has 1 aromatic heterocycles. The van der Waals surface area contributed by atoms with Crippen molar-refractivity contribution in [1.82, 2.24) is 9.71 Å². The van der Waals surface area contributed by atoms with Gasteiger partial charge in [0.05, 0.1) is 4.90 Å². The molecule has 3 N–H and O–H groups in total. The largest absolute Gasteiger partial charge is 0.384 e. The van der Waals surface area contributed by atoms with Gasteiger partial charge in [-0.1, -0.05) is 12.1 Å². The lowest BCUT2D eigenvalue weighted by Crippen LogP contribution is -2.27. The summed E-state index contributed by atoms with van der Waals surface area (Å²) in [7, 11) is -3.70. The third kappa shape index (κ3) is 3.31. The lowest BCUT2D eigenvalue weighted by atomic mass is 10.1. The van der Waals surface area contributed by atoms with Crippen molar-refractivity contribution in [3.63, 3.8) is 0 Å². The fraction of sp³-hybridized carbons (Fsp3) is 0.154. The molecule has 0 saturated carbocycles. The number of anilines is 1. The summed E-state index contributed by atoms with van der Waals surface area (Å²) >= 11 is 0. The van der Waals surface area contributed by atoms with E-state index in [1.165, 1.54) is 42.6 Å². The third-order valence-electron chi connectivity index (χ3n) is 2.76. The van der Waals surface area contributed by atoms with Gasteiger partial charge in [-0.2, -0.15) is 0 Å². The molecule has 0 bridgehead atoms. The number of nitrogens with two attached hydrogens (primary N) is 1. The zero-order valence-corrected chi connectivity index (χ0v) is 11.6. The molecule has 7 heteroatoms. The number of benzene rings is 1. The van der Waals surface area contributed by atoms with Crippen molar-refractivity contribution in [2.24, 2.45) is 0 Å². The molecule has 0 fully saturated rings. The van der Waals surface area contributed by atoms with E-state index in [-0.39, 0.29) is 16.5 Å². The van der Waals surface area contributed by atoms with E-state index >= 15 is 0 Å². The van der Waals surface area contributed by atoms with Crippen LogP contribution in [0.25, 0.3) is 0 Å². The molecule has 5 nitrogen and oxygen atoms in total. The van der Waals surface area contributed by atoms with Gasteiger partial charge in [0.25, 0.3) is 0 Å². The van der Waals surface area contributed by atoms with Crippen molar-refractivity contribution in [2.45, 2.75) is 17.9 Å². The Labute approximate surface area is 116 Å². The first kappa shape index (κ1) is 14.4. The maximum Gasteiger partial charge on any atom is 0.241 e. The highest BCUT2D eigenvalue weighted by atomic mass is 32.2. The summed E-state index contributed by atoms with van der Waals surface area (Å²) in [6.45, 7) is 1.68. The highest BCUT2D eigenvalue weighted by molar-refractivity contribution is 7.89. The van der Waals surface area contributed by atoms with Gasteiger partial charge in [0.2, 0.25) is 10.0 Å². The van der Waals surface area contributed by atoms with Crippen LogP contribution in [0.2, 0.25) is 0 Å². The first-order valence-corrected chi connectivity index (χ1v) is 7.36. The molecule has 106 valence electrons.